The first-order valence-corrected chi connectivity index (χ1v) is 5.23. The molecule has 15 heavy (non-hydrogen) atoms. The molecule has 0 saturated carbocycles. The Morgan fingerprint density at radius 3 is 2.60 bits per heavy atom. The number of hydrogen-bond donors (Lipinski definition) is 0. The van der Waals surface area contributed by atoms with Crippen molar-refractivity contribution >= 4 is 11.8 Å². The Labute approximate surface area is 90.5 Å². The Kier molecular flexibility index (Phi) is 2.25. The Morgan fingerprint density at radius 2 is 2.07 bits per heavy atom. The highest BCUT2D eigenvalue weighted by molar-refractivity contribution is 6.11. The van der Waals surface area contributed by atoms with E-state index < -0.39 is 0 Å². The van der Waals surface area contributed by atoms with Crippen molar-refractivity contribution in [2.45, 2.75) is 26.2 Å². The molecule has 1 aliphatic rings. The Bertz CT molecular complexity index is 430. The first-order chi connectivity index (χ1) is 7.00. The highest BCUT2D eigenvalue weighted by Crippen LogP contribution is 2.29. The molecule has 0 aliphatic carbocycles. The summed E-state index contributed by atoms with van der Waals surface area (Å²) < 4.78 is 1.96. The van der Waals surface area contributed by atoms with E-state index in [4.69, 9.17) is 0 Å². The molecular formula is C12H17N3. The second kappa shape index (κ2) is 3.33. The van der Waals surface area contributed by atoms with E-state index in [9.17, 15) is 0 Å². The molecule has 0 unspecified atom stereocenters. The predicted octanol–water partition coefficient (Wildman–Crippen LogP) is 2.19. The minimum Gasteiger partial charge on any atom is -0.288 e. The molecule has 1 aromatic rings. The molecule has 2 rings (SSSR count). The molecule has 1 aliphatic heterocycles. The Balaban J connectivity index is 2.54. The van der Waals surface area contributed by atoms with Gasteiger partial charge in [0.05, 0.1) is 18.4 Å². The predicted molar refractivity (Wildman–Crippen MR) is 63.2 cm³/mol. The van der Waals surface area contributed by atoms with Crippen molar-refractivity contribution < 1.29 is 0 Å². The number of hydrogen-bond acceptors (Lipinski definition) is 2. The lowest BCUT2D eigenvalue weighted by Crippen LogP contribution is -2.18. The van der Waals surface area contributed by atoms with Crippen LogP contribution in [0.2, 0.25) is 0 Å². The second-order valence-corrected chi connectivity index (χ2v) is 4.93. The van der Waals surface area contributed by atoms with Crippen LogP contribution in [0.1, 0.15) is 32.0 Å². The summed E-state index contributed by atoms with van der Waals surface area (Å²) in [6, 6.07) is 0. The van der Waals surface area contributed by atoms with E-state index in [1.807, 2.05) is 24.1 Å². The molecule has 0 fully saturated rings. The van der Waals surface area contributed by atoms with E-state index in [1.165, 1.54) is 16.8 Å². The van der Waals surface area contributed by atoms with Gasteiger partial charge in [-0.2, -0.15) is 5.10 Å². The number of allylic oxidation sites excluding steroid dienone is 1. The van der Waals surface area contributed by atoms with Crippen LogP contribution in [-0.2, 0) is 12.5 Å². The molecule has 80 valence electrons. The van der Waals surface area contributed by atoms with E-state index >= 15 is 0 Å². The van der Waals surface area contributed by atoms with E-state index in [-0.39, 0.29) is 5.41 Å². The van der Waals surface area contributed by atoms with Gasteiger partial charge < -0.3 is 0 Å². The van der Waals surface area contributed by atoms with Crippen LogP contribution in [0, 0.1) is 0 Å². The van der Waals surface area contributed by atoms with Gasteiger partial charge in [0.25, 0.3) is 0 Å². The van der Waals surface area contributed by atoms with Gasteiger partial charge in [0, 0.05) is 29.8 Å². The topological polar surface area (TPSA) is 30.2 Å². The monoisotopic (exact) mass is 203 g/mol. The molecule has 3 heteroatoms. The second-order valence-electron chi connectivity index (χ2n) is 4.93. The maximum Gasteiger partial charge on any atom is 0.0580 e. The fourth-order valence-electron chi connectivity index (χ4n) is 2.07. The highest BCUT2D eigenvalue weighted by atomic mass is 15.3. The highest BCUT2D eigenvalue weighted by Gasteiger charge is 2.24. The van der Waals surface area contributed by atoms with E-state index in [0.717, 1.165) is 6.54 Å². The van der Waals surface area contributed by atoms with Gasteiger partial charge in [-0.05, 0) is 0 Å². The van der Waals surface area contributed by atoms with Crippen molar-refractivity contribution in [3.8, 4) is 0 Å². The summed E-state index contributed by atoms with van der Waals surface area (Å²) in [5.74, 6) is 0. The van der Waals surface area contributed by atoms with Gasteiger partial charge in [0.2, 0.25) is 0 Å². The van der Waals surface area contributed by atoms with Crippen molar-refractivity contribution in [3.05, 3.63) is 23.5 Å². The fourth-order valence-corrected chi connectivity index (χ4v) is 2.07. The third-order valence-corrected chi connectivity index (χ3v) is 2.61. The zero-order valence-corrected chi connectivity index (χ0v) is 9.78. The average molecular weight is 203 g/mol. The minimum atomic E-state index is 0.109. The molecule has 0 spiro atoms. The maximum absolute atomic E-state index is 4.34. The molecule has 2 heterocycles. The normalized spacial score (nSPS) is 15.9. The molecule has 0 saturated heterocycles. The van der Waals surface area contributed by atoms with Gasteiger partial charge in [0.15, 0.2) is 0 Å². The van der Waals surface area contributed by atoms with E-state index in [2.05, 4.69) is 36.9 Å². The quantitative estimate of drug-likeness (QED) is 0.688. The van der Waals surface area contributed by atoms with Gasteiger partial charge >= 0.3 is 0 Å². The zero-order chi connectivity index (χ0) is 11.1. The van der Waals surface area contributed by atoms with Gasteiger partial charge in [-0.1, -0.05) is 26.8 Å². The summed E-state index contributed by atoms with van der Waals surface area (Å²) in [6.45, 7) is 7.42. The lowest BCUT2D eigenvalue weighted by molar-refractivity contribution is 0.522. The molecule has 1 aromatic heterocycles. The van der Waals surface area contributed by atoms with Crippen LogP contribution < -0.4 is 0 Å². The summed E-state index contributed by atoms with van der Waals surface area (Å²) in [7, 11) is 2.00. The molecular weight excluding hydrogens is 186 g/mol. The smallest absolute Gasteiger partial charge is 0.0580 e. The number of aromatic nitrogens is 2. The first-order valence-electron chi connectivity index (χ1n) is 5.23. The van der Waals surface area contributed by atoms with Crippen LogP contribution in [0.25, 0.3) is 5.57 Å². The van der Waals surface area contributed by atoms with Gasteiger partial charge in [-0.15, -0.1) is 0 Å². The van der Waals surface area contributed by atoms with Crippen LogP contribution in [0.15, 0.2) is 17.3 Å². The Hall–Kier alpha value is -1.38. The standard InChI is InChI=1S/C12H17N3/c1-12(2,3)11-10(8-14-15(11)4)9-5-6-13-7-9/h5,7-8H,6H2,1-4H3. The van der Waals surface area contributed by atoms with Crippen LogP contribution in [0.3, 0.4) is 0 Å². The molecule has 0 N–H and O–H groups in total. The number of aryl methyl sites for hydroxylation is 1. The molecule has 0 bridgehead atoms. The van der Waals surface area contributed by atoms with Crippen LogP contribution >= 0.6 is 0 Å². The fraction of sp³-hybridized carbons (Fsp3) is 0.500. The van der Waals surface area contributed by atoms with E-state index in [0.29, 0.717) is 0 Å². The lowest BCUT2D eigenvalue weighted by Gasteiger charge is -2.21. The largest absolute Gasteiger partial charge is 0.288 e. The molecule has 3 nitrogen and oxygen atoms in total. The number of rotatable bonds is 1. The van der Waals surface area contributed by atoms with Crippen LogP contribution in [-0.4, -0.2) is 22.5 Å². The van der Waals surface area contributed by atoms with Gasteiger partial charge in [-0.3, -0.25) is 9.67 Å². The van der Waals surface area contributed by atoms with Gasteiger partial charge in [0.1, 0.15) is 0 Å². The van der Waals surface area contributed by atoms with E-state index in [1.54, 1.807) is 0 Å². The SMILES string of the molecule is Cn1ncc(C2=CCN=C2)c1C(C)(C)C. The van der Waals surface area contributed by atoms with Crippen LogP contribution in [0.4, 0.5) is 0 Å². The summed E-state index contributed by atoms with van der Waals surface area (Å²) >= 11 is 0. The summed E-state index contributed by atoms with van der Waals surface area (Å²) in [6.07, 6.45) is 6.02. The van der Waals surface area contributed by atoms with Gasteiger partial charge in [-0.25, -0.2) is 0 Å². The van der Waals surface area contributed by atoms with Crippen molar-refractivity contribution in [2.24, 2.45) is 12.0 Å². The summed E-state index contributed by atoms with van der Waals surface area (Å²) in [5, 5.41) is 4.34. The van der Waals surface area contributed by atoms with Crippen molar-refractivity contribution in [3.63, 3.8) is 0 Å². The Morgan fingerprint density at radius 1 is 1.33 bits per heavy atom. The molecule has 0 aromatic carbocycles. The van der Waals surface area contributed by atoms with Crippen molar-refractivity contribution in [2.75, 3.05) is 6.54 Å². The molecule has 0 radical (unpaired) electrons. The summed E-state index contributed by atoms with van der Waals surface area (Å²) in [4.78, 5) is 4.22. The lowest BCUT2D eigenvalue weighted by atomic mass is 9.87. The average Bonchev–Trinajstić information content (AvgIpc) is 2.68. The third kappa shape index (κ3) is 1.74. The maximum atomic E-state index is 4.34. The molecule has 0 atom stereocenters. The zero-order valence-electron chi connectivity index (χ0n) is 9.78. The summed E-state index contributed by atoms with van der Waals surface area (Å²) in [5.41, 5.74) is 3.79. The van der Waals surface area contributed by atoms with Crippen molar-refractivity contribution in [1.82, 2.24) is 9.78 Å². The number of aliphatic imine (C=N–C) groups is 1. The first kappa shape index (κ1) is 10.1. The van der Waals surface area contributed by atoms with Crippen molar-refractivity contribution in [1.29, 1.82) is 0 Å². The number of nitrogens with zero attached hydrogens (tertiary/aromatic N) is 3. The molecule has 0 amide bonds. The van der Waals surface area contributed by atoms with Crippen LogP contribution in [0.5, 0.6) is 0 Å². The minimum absolute atomic E-state index is 0.109. The third-order valence-electron chi connectivity index (χ3n) is 2.61.